The molecule has 3 fully saturated rings. The summed E-state index contributed by atoms with van der Waals surface area (Å²) in [6.07, 6.45) is 7.09. The van der Waals surface area contributed by atoms with E-state index in [0.29, 0.717) is 29.3 Å². The molecule has 0 aromatic heterocycles. The number of carbonyl (C=O) groups is 4. The highest BCUT2D eigenvalue weighted by molar-refractivity contribution is 7.91. The molecule has 2 aliphatic carbocycles. The van der Waals surface area contributed by atoms with E-state index in [4.69, 9.17) is 33.7 Å². The van der Waals surface area contributed by atoms with Crippen LogP contribution in [0.3, 0.4) is 0 Å². The molecule has 244 valence electrons. The van der Waals surface area contributed by atoms with Crippen LogP contribution in [0, 0.1) is 5.92 Å². The van der Waals surface area contributed by atoms with E-state index in [1.54, 1.807) is 12.1 Å². The Kier molecular flexibility index (Phi) is 8.83. The third-order valence-electron chi connectivity index (χ3n) is 9.42. The van der Waals surface area contributed by atoms with Crippen LogP contribution in [-0.2, 0) is 42.2 Å². The monoisotopic (exact) mass is 681 g/mol. The van der Waals surface area contributed by atoms with Crippen LogP contribution in [0.25, 0.3) is 0 Å². The lowest BCUT2D eigenvalue weighted by Crippen LogP contribution is -2.57. The SMILES string of the molecule is NC1CCCCC/C=C\[C@@H]2C[C@@]2(C(=O)NS(=O)(=O)C2CC2)NC(=O)[C@@H]2C[C@@H](OC(=O)N3Cc4c(Cl)ccc(Cl)c4C3)CN2C1=O. The van der Waals surface area contributed by atoms with E-state index in [0.717, 1.165) is 36.8 Å². The van der Waals surface area contributed by atoms with Crippen molar-refractivity contribution >= 4 is 57.0 Å². The molecule has 4 N–H and O–H groups in total. The molecular weight excluding hydrogens is 645 g/mol. The van der Waals surface area contributed by atoms with Gasteiger partial charge in [-0.15, -0.1) is 0 Å². The summed E-state index contributed by atoms with van der Waals surface area (Å²) in [5.74, 6) is -2.27. The summed E-state index contributed by atoms with van der Waals surface area (Å²) >= 11 is 12.6. The molecule has 5 atom stereocenters. The minimum absolute atomic E-state index is 0.0170. The van der Waals surface area contributed by atoms with Crippen molar-refractivity contribution in [2.75, 3.05) is 6.54 Å². The molecule has 0 spiro atoms. The first-order chi connectivity index (χ1) is 21.4. The zero-order chi connectivity index (χ0) is 32.1. The number of carbonyl (C=O) groups excluding carboxylic acids is 4. The summed E-state index contributed by atoms with van der Waals surface area (Å²) in [5.41, 5.74) is 6.29. The fourth-order valence-corrected chi connectivity index (χ4v) is 8.34. The van der Waals surface area contributed by atoms with Crippen LogP contribution < -0.4 is 15.8 Å². The van der Waals surface area contributed by atoms with Crippen LogP contribution in [0.5, 0.6) is 0 Å². The smallest absolute Gasteiger partial charge is 0.410 e. The van der Waals surface area contributed by atoms with Gasteiger partial charge in [0.25, 0.3) is 5.91 Å². The van der Waals surface area contributed by atoms with Crippen molar-refractivity contribution in [1.29, 1.82) is 0 Å². The standard InChI is InChI=1S/C30H37Cl2N5O7S/c31-22-10-11-23(32)21-16-36(15-20(21)22)29(41)44-18-12-25-26(38)34-30(28(40)35-45(42,43)19-8-9-19)13-17(30)6-4-2-1-3-5-7-24(33)27(39)37(25)14-18/h4,6,10-11,17-19,24-25H,1-3,5,7-9,12-16,33H2,(H,34,38)(H,35,40)/b6-4-/t17-,18-,24?,25+,30-/m1/s1. The molecule has 1 aromatic carbocycles. The lowest BCUT2D eigenvalue weighted by Gasteiger charge is -2.28. The van der Waals surface area contributed by atoms with Gasteiger partial charge in [-0.05, 0) is 61.8 Å². The Morgan fingerprint density at radius 1 is 1.04 bits per heavy atom. The van der Waals surface area contributed by atoms with E-state index >= 15 is 0 Å². The quantitative estimate of drug-likeness (QED) is 0.408. The van der Waals surface area contributed by atoms with Crippen molar-refractivity contribution < 1.29 is 32.3 Å². The van der Waals surface area contributed by atoms with Gasteiger partial charge in [-0.2, -0.15) is 0 Å². The maximum atomic E-state index is 13.9. The second kappa shape index (κ2) is 12.4. The zero-order valence-electron chi connectivity index (χ0n) is 24.7. The number of nitrogens with one attached hydrogen (secondary N) is 2. The molecule has 1 aromatic rings. The van der Waals surface area contributed by atoms with Gasteiger partial charge in [0.05, 0.1) is 30.9 Å². The van der Waals surface area contributed by atoms with Crippen LogP contribution in [0.2, 0.25) is 10.0 Å². The van der Waals surface area contributed by atoms with Crippen LogP contribution in [0.4, 0.5) is 4.79 Å². The number of halogens is 2. The molecular formula is C30H37Cl2N5O7S. The highest BCUT2D eigenvalue weighted by Crippen LogP contribution is 2.46. The molecule has 1 unspecified atom stereocenters. The average Bonchev–Trinajstić information content (AvgIpc) is 3.87. The van der Waals surface area contributed by atoms with Crippen molar-refractivity contribution in [3.8, 4) is 0 Å². The first-order valence-electron chi connectivity index (χ1n) is 15.4. The molecule has 15 heteroatoms. The Labute approximate surface area is 272 Å². The summed E-state index contributed by atoms with van der Waals surface area (Å²) in [4.78, 5) is 56.9. The van der Waals surface area contributed by atoms with E-state index in [1.165, 1.54) is 9.80 Å². The minimum Gasteiger partial charge on any atom is -0.444 e. The first kappa shape index (κ1) is 32.1. The second-order valence-electron chi connectivity index (χ2n) is 12.7. The predicted molar refractivity (Wildman–Crippen MR) is 165 cm³/mol. The van der Waals surface area contributed by atoms with Gasteiger partial charge in [0.1, 0.15) is 17.7 Å². The predicted octanol–water partition coefficient (Wildman–Crippen LogP) is 2.75. The van der Waals surface area contributed by atoms with E-state index in [2.05, 4.69) is 10.0 Å². The van der Waals surface area contributed by atoms with Gasteiger partial charge in [-0.3, -0.25) is 24.0 Å². The third-order valence-corrected chi connectivity index (χ3v) is 12.0. The van der Waals surface area contributed by atoms with E-state index in [9.17, 15) is 27.6 Å². The molecule has 6 rings (SSSR count). The summed E-state index contributed by atoms with van der Waals surface area (Å²) in [6.45, 7) is 0.347. The lowest BCUT2D eigenvalue weighted by atomic mass is 10.1. The molecule has 5 aliphatic rings. The number of allylic oxidation sites excluding steroid dienone is 1. The van der Waals surface area contributed by atoms with Crippen molar-refractivity contribution in [1.82, 2.24) is 19.8 Å². The molecule has 3 aliphatic heterocycles. The van der Waals surface area contributed by atoms with Gasteiger partial charge in [0, 0.05) is 22.4 Å². The molecule has 2 saturated carbocycles. The molecule has 3 heterocycles. The topological polar surface area (TPSA) is 168 Å². The number of ether oxygens (including phenoxy) is 1. The third kappa shape index (κ3) is 6.54. The number of amides is 4. The zero-order valence-corrected chi connectivity index (χ0v) is 27.0. The van der Waals surface area contributed by atoms with Gasteiger partial charge >= 0.3 is 6.09 Å². The number of rotatable bonds is 4. The average molecular weight is 683 g/mol. The molecule has 4 amide bonds. The summed E-state index contributed by atoms with van der Waals surface area (Å²) in [6, 6.07) is 1.40. The number of hydrogen-bond acceptors (Lipinski definition) is 8. The Morgan fingerprint density at radius 2 is 1.73 bits per heavy atom. The largest absolute Gasteiger partial charge is 0.444 e. The van der Waals surface area contributed by atoms with Crippen LogP contribution in [-0.4, -0.2) is 77.6 Å². The van der Waals surface area contributed by atoms with Crippen LogP contribution >= 0.6 is 23.2 Å². The van der Waals surface area contributed by atoms with Crippen LogP contribution in [0.1, 0.15) is 68.9 Å². The van der Waals surface area contributed by atoms with Gasteiger partial charge in [-0.1, -0.05) is 48.2 Å². The number of sulfonamides is 1. The highest BCUT2D eigenvalue weighted by atomic mass is 35.5. The van der Waals surface area contributed by atoms with Gasteiger partial charge < -0.3 is 20.7 Å². The van der Waals surface area contributed by atoms with Gasteiger partial charge in [0.2, 0.25) is 21.8 Å². The fraction of sp³-hybridized carbons (Fsp3) is 0.600. The second-order valence-corrected chi connectivity index (χ2v) is 15.5. The van der Waals surface area contributed by atoms with Crippen molar-refractivity contribution in [3.05, 3.63) is 45.5 Å². The minimum atomic E-state index is -3.85. The Hall–Kier alpha value is -2.87. The summed E-state index contributed by atoms with van der Waals surface area (Å²) in [5, 5.41) is 3.16. The maximum Gasteiger partial charge on any atom is 0.410 e. The summed E-state index contributed by atoms with van der Waals surface area (Å²) < 4.78 is 33.2. The number of fused-ring (bicyclic) bond motifs is 3. The molecule has 45 heavy (non-hydrogen) atoms. The maximum absolute atomic E-state index is 13.9. The number of hydrogen-bond donors (Lipinski definition) is 3. The normalized spacial score (nSPS) is 31.1. The number of nitrogens with two attached hydrogens (primary N) is 1. The van der Waals surface area contributed by atoms with E-state index in [1.807, 2.05) is 12.2 Å². The number of nitrogens with zero attached hydrogens (tertiary/aromatic N) is 2. The van der Waals surface area contributed by atoms with Crippen molar-refractivity contribution in [3.63, 3.8) is 0 Å². The Bertz CT molecular complexity index is 1520. The molecule has 12 nitrogen and oxygen atoms in total. The van der Waals surface area contributed by atoms with Crippen molar-refractivity contribution in [2.45, 2.75) is 99.9 Å². The fourth-order valence-electron chi connectivity index (χ4n) is 6.50. The van der Waals surface area contributed by atoms with Gasteiger partial charge in [0.15, 0.2) is 0 Å². The van der Waals surface area contributed by atoms with E-state index < -0.39 is 68.7 Å². The van der Waals surface area contributed by atoms with Crippen molar-refractivity contribution in [2.24, 2.45) is 11.7 Å². The molecule has 1 saturated heterocycles. The lowest BCUT2D eigenvalue weighted by molar-refractivity contribution is -0.140. The van der Waals surface area contributed by atoms with E-state index in [-0.39, 0.29) is 32.5 Å². The Morgan fingerprint density at radius 3 is 2.40 bits per heavy atom. The summed E-state index contributed by atoms with van der Waals surface area (Å²) in [7, 11) is -3.85. The molecule has 0 bridgehead atoms. The first-order valence-corrected chi connectivity index (χ1v) is 17.7. The number of benzene rings is 1. The highest BCUT2D eigenvalue weighted by Gasteiger charge is 2.62. The van der Waals surface area contributed by atoms with Crippen LogP contribution in [0.15, 0.2) is 24.3 Å². The van der Waals surface area contributed by atoms with Gasteiger partial charge in [-0.25, -0.2) is 13.2 Å². The Balaban J connectivity index is 1.20. The molecule has 0 radical (unpaired) electrons.